The summed E-state index contributed by atoms with van der Waals surface area (Å²) in [6.07, 6.45) is 15.6. The van der Waals surface area contributed by atoms with E-state index in [1.165, 1.54) is 76.2 Å². The van der Waals surface area contributed by atoms with Crippen LogP contribution in [0.3, 0.4) is 0 Å². The molecule has 1 aromatic carbocycles. The van der Waals surface area contributed by atoms with Crippen molar-refractivity contribution in [1.82, 2.24) is 5.32 Å². The first-order valence-corrected chi connectivity index (χ1v) is 9.18. The largest absolute Gasteiger partial charge is 0.412 e. The molecule has 0 aliphatic rings. The first-order chi connectivity index (χ1) is 10.4. The van der Waals surface area contributed by atoms with Crippen LogP contribution in [0.15, 0.2) is 30.3 Å². The third-order valence-corrected chi connectivity index (χ3v) is 4.13. The fourth-order valence-electron chi connectivity index (χ4n) is 2.74. The lowest BCUT2D eigenvalue weighted by atomic mass is 10.1. The quantitative estimate of drug-likeness (QED) is 0.468. The minimum atomic E-state index is 0. The molecule has 3 N–H and O–H groups in total. The predicted octanol–water partition coefficient (Wildman–Crippen LogP) is 5.26. The molecule has 0 aliphatic carbocycles. The minimum Gasteiger partial charge on any atom is -0.412 e. The Balaban J connectivity index is 0.00000441. The molecule has 0 radical (unpaired) electrons. The second-order valence-corrected chi connectivity index (χ2v) is 6.20. The molecule has 0 saturated carbocycles. The molecule has 2 heteroatoms. The van der Waals surface area contributed by atoms with Crippen molar-refractivity contribution < 1.29 is 5.48 Å². The second kappa shape index (κ2) is 16.5. The molecule has 1 aromatic rings. The molecule has 0 heterocycles. The molecule has 0 aliphatic heterocycles. The highest BCUT2D eigenvalue weighted by atomic mass is 16.0. The third-order valence-electron chi connectivity index (χ3n) is 4.13. The Morgan fingerprint density at radius 1 is 0.682 bits per heavy atom. The van der Waals surface area contributed by atoms with Crippen molar-refractivity contribution in [3.8, 4) is 0 Å². The Morgan fingerprint density at radius 3 is 1.73 bits per heavy atom. The van der Waals surface area contributed by atoms with Gasteiger partial charge in [-0.05, 0) is 18.5 Å². The molecular formula is C20H37NO. The average molecular weight is 308 g/mol. The average Bonchev–Trinajstić information content (AvgIpc) is 2.53. The fraction of sp³-hybridized carbons (Fsp3) is 0.700. The summed E-state index contributed by atoms with van der Waals surface area (Å²) in [6.45, 7) is 4.46. The molecule has 0 spiro atoms. The smallest absolute Gasteiger partial charge is 0.0205 e. The zero-order chi connectivity index (χ0) is 15.0. The number of unbranched alkanes of at least 4 members (excludes halogenated alkanes) is 10. The van der Waals surface area contributed by atoms with Crippen LogP contribution in [0.1, 0.15) is 83.1 Å². The van der Waals surface area contributed by atoms with E-state index in [9.17, 15) is 0 Å². The molecule has 0 bridgehead atoms. The molecule has 0 atom stereocenters. The van der Waals surface area contributed by atoms with Gasteiger partial charge in [-0.2, -0.15) is 0 Å². The van der Waals surface area contributed by atoms with Crippen LogP contribution in [-0.4, -0.2) is 12.0 Å². The molecule has 0 unspecified atom stereocenters. The van der Waals surface area contributed by atoms with Crippen molar-refractivity contribution in [1.29, 1.82) is 0 Å². The van der Waals surface area contributed by atoms with Gasteiger partial charge in [-0.1, -0.05) is 101 Å². The third kappa shape index (κ3) is 12.8. The van der Waals surface area contributed by atoms with Gasteiger partial charge < -0.3 is 10.8 Å². The maximum atomic E-state index is 3.53. The van der Waals surface area contributed by atoms with E-state index in [1.54, 1.807) is 0 Å². The van der Waals surface area contributed by atoms with Gasteiger partial charge in [0.25, 0.3) is 0 Å². The van der Waals surface area contributed by atoms with Gasteiger partial charge in [-0.3, -0.25) is 0 Å². The van der Waals surface area contributed by atoms with E-state index in [4.69, 9.17) is 0 Å². The number of rotatable bonds is 14. The summed E-state index contributed by atoms with van der Waals surface area (Å²) < 4.78 is 0. The molecule has 22 heavy (non-hydrogen) atoms. The van der Waals surface area contributed by atoms with Crippen LogP contribution in [0.4, 0.5) is 0 Å². The molecule has 128 valence electrons. The number of benzene rings is 1. The normalized spacial score (nSPS) is 10.4. The van der Waals surface area contributed by atoms with Crippen molar-refractivity contribution >= 4 is 0 Å². The highest BCUT2D eigenvalue weighted by molar-refractivity contribution is 5.14. The molecule has 2 nitrogen and oxygen atoms in total. The van der Waals surface area contributed by atoms with Crippen LogP contribution in [0.25, 0.3) is 0 Å². The van der Waals surface area contributed by atoms with E-state index < -0.39 is 0 Å². The lowest BCUT2D eigenvalue weighted by molar-refractivity contribution is 0.539. The fourth-order valence-corrected chi connectivity index (χ4v) is 2.74. The SMILES string of the molecule is CCCCCCCCCCCCCNCc1ccccc1.O. The van der Waals surface area contributed by atoms with Crippen molar-refractivity contribution in [2.24, 2.45) is 0 Å². The molecule has 0 saturated heterocycles. The summed E-state index contributed by atoms with van der Waals surface area (Å²) >= 11 is 0. The van der Waals surface area contributed by atoms with Crippen LogP contribution in [0.5, 0.6) is 0 Å². The Morgan fingerprint density at radius 2 is 1.18 bits per heavy atom. The van der Waals surface area contributed by atoms with Gasteiger partial charge in [-0.25, -0.2) is 0 Å². The van der Waals surface area contributed by atoms with Crippen LogP contribution >= 0.6 is 0 Å². The van der Waals surface area contributed by atoms with Crippen LogP contribution < -0.4 is 5.32 Å². The maximum absolute atomic E-state index is 3.53. The molecular weight excluding hydrogens is 270 g/mol. The zero-order valence-electron chi connectivity index (χ0n) is 14.6. The van der Waals surface area contributed by atoms with Gasteiger partial charge in [0.05, 0.1) is 0 Å². The Kier molecular flexibility index (Phi) is 15.9. The van der Waals surface area contributed by atoms with Crippen LogP contribution in [0, 0.1) is 0 Å². The summed E-state index contributed by atoms with van der Waals surface area (Å²) in [6, 6.07) is 10.7. The predicted molar refractivity (Wildman–Crippen MR) is 98.2 cm³/mol. The minimum absolute atomic E-state index is 0. The van der Waals surface area contributed by atoms with Crippen LogP contribution in [0.2, 0.25) is 0 Å². The second-order valence-electron chi connectivity index (χ2n) is 6.20. The summed E-state index contributed by atoms with van der Waals surface area (Å²) in [4.78, 5) is 0. The Labute approximate surface area is 138 Å². The summed E-state index contributed by atoms with van der Waals surface area (Å²) in [5.41, 5.74) is 1.39. The van der Waals surface area contributed by atoms with Gasteiger partial charge in [-0.15, -0.1) is 0 Å². The van der Waals surface area contributed by atoms with Gasteiger partial charge in [0.1, 0.15) is 0 Å². The van der Waals surface area contributed by atoms with E-state index >= 15 is 0 Å². The topological polar surface area (TPSA) is 43.5 Å². The van der Waals surface area contributed by atoms with Crippen molar-refractivity contribution in [2.45, 2.75) is 84.1 Å². The highest BCUT2D eigenvalue weighted by Gasteiger charge is 1.94. The van der Waals surface area contributed by atoms with Gasteiger partial charge >= 0.3 is 0 Å². The van der Waals surface area contributed by atoms with E-state index in [1.807, 2.05) is 0 Å². The lowest BCUT2D eigenvalue weighted by Gasteiger charge is -2.05. The Hall–Kier alpha value is -0.860. The molecule has 1 rings (SSSR count). The number of hydrogen-bond donors (Lipinski definition) is 1. The number of nitrogens with one attached hydrogen (secondary N) is 1. The van der Waals surface area contributed by atoms with E-state index in [-0.39, 0.29) is 5.48 Å². The summed E-state index contributed by atoms with van der Waals surface area (Å²) in [5, 5.41) is 3.53. The van der Waals surface area contributed by atoms with Gasteiger partial charge in [0, 0.05) is 6.54 Å². The van der Waals surface area contributed by atoms with E-state index in [2.05, 4.69) is 42.6 Å². The molecule has 0 fully saturated rings. The first kappa shape index (κ1) is 21.1. The molecule has 0 aromatic heterocycles. The number of hydrogen-bond acceptors (Lipinski definition) is 1. The molecule has 0 amide bonds. The van der Waals surface area contributed by atoms with Crippen LogP contribution in [-0.2, 0) is 6.54 Å². The first-order valence-electron chi connectivity index (χ1n) is 9.18. The summed E-state index contributed by atoms with van der Waals surface area (Å²) in [5.74, 6) is 0. The van der Waals surface area contributed by atoms with Gasteiger partial charge in [0.2, 0.25) is 0 Å². The lowest BCUT2D eigenvalue weighted by Crippen LogP contribution is -2.14. The highest BCUT2D eigenvalue weighted by Crippen LogP contribution is 2.11. The Bertz CT molecular complexity index is 313. The standard InChI is InChI=1S/C20H35N.H2O/c1-2-3-4-5-6-7-8-9-10-11-15-18-21-19-20-16-13-12-14-17-20;/h12-14,16-17,21H,2-11,15,18-19H2,1H3;1H2. The van der Waals surface area contributed by atoms with Crippen molar-refractivity contribution in [3.63, 3.8) is 0 Å². The monoisotopic (exact) mass is 307 g/mol. The zero-order valence-corrected chi connectivity index (χ0v) is 14.6. The van der Waals surface area contributed by atoms with Crippen molar-refractivity contribution in [3.05, 3.63) is 35.9 Å². The van der Waals surface area contributed by atoms with Crippen molar-refractivity contribution in [2.75, 3.05) is 6.54 Å². The van der Waals surface area contributed by atoms with Gasteiger partial charge in [0.15, 0.2) is 0 Å². The van der Waals surface area contributed by atoms with E-state index in [0.717, 1.165) is 13.1 Å². The van der Waals surface area contributed by atoms with E-state index in [0.29, 0.717) is 0 Å². The summed E-state index contributed by atoms with van der Waals surface area (Å²) in [7, 11) is 0. The maximum Gasteiger partial charge on any atom is 0.0205 e.